The fourth-order valence-corrected chi connectivity index (χ4v) is 2.13. The molecule has 0 radical (unpaired) electrons. The van der Waals surface area contributed by atoms with Crippen LogP contribution in [0.15, 0.2) is 18.2 Å². The lowest BCUT2D eigenvalue weighted by molar-refractivity contribution is -0.0352. The number of phenolic OH excluding ortho intramolecular Hbond substituents is 2. The summed E-state index contributed by atoms with van der Waals surface area (Å²) in [6.45, 7) is 17.5. The lowest BCUT2D eigenvalue weighted by atomic mass is 9.84. The van der Waals surface area contributed by atoms with Gasteiger partial charge in [-0.15, -0.1) is 0 Å². The molecule has 0 amide bonds. The van der Waals surface area contributed by atoms with Gasteiger partial charge in [-0.3, -0.25) is 0 Å². The summed E-state index contributed by atoms with van der Waals surface area (Å²) >= 11 is 0. The average Bonchev–Trinajstić information content (AvgIpc) is 2.63. The highest BCUT2D eigenvalue weighted by atomic mass is 16.5. The molecule has 3 nitrogen and oxygen atoms in total. The predicted octanol–water partition coefficient (Wildman–Crippen LogP) is 7.15. The molecule has 0 unspecified atom stereocenters. The summed E-state index contributed by atoms with van der Waals surface area (Å²) in [5, 5.41) is 18.4. The van der Waals surface area contributed by atoms with Gasteiger partial charge in [0.05, 0.1) is 12.7 Å². The quantitative estimate of drug-likeness (QED) is 0.550. The molecule has 0 bridgehead atoms. The van der Waals surface area contributed by atoms with Gasteiger partial charge in [0.25, 0.3) is 0 Å². The Morgan fingerprint density at radius 3 is 1.92 bits per heavy atom. The Hall–Kier alpha value is -1.22. The molecule has 1 aliphatic rings. The first-order valence-electron chi connectivity index (χ1n) is 10.1. The van der Waals surface area contributed by atoms with Crippen LogP contribution in [-0.4, -0.2) is 16.3 Å². The second-order valence-corrected chi connectivity index (χ2v) is 6.25. The van der Waals surface area contributed by atoms with Crippen LogP contribution in [0.2, 0.25) is 0 Å². The molecular weight excluding hydrogens is 312 g/mol. The van der Waals surface area contributed by atoms with Gasteiger partial charge in [0, 0.05) is 1.43 Å². The van der Waals surface area contributed by atoms with E-state index in [-0.39, 0.29) is 12.9 Å². The summed E-state index contributed by atoms with van der Waals surface area (Å²) in [6, 6.07) is 4.78. The number of hydrogen-bond acceptors (Lipinski definition) is 3. The van der Waals surface area contributed by atoms with Crippen molar-refractivity contribution in [1.82, 2.24) is 0 Å². The van der Waals surface area contributed by atoms with Crippen molar-refractivity contribution in [3.8, 4) is 11.5 Å². The fraction of sp³-hybridized carbons (Fsp3) is 0.727. The van der Waals surface area contributed by atoms with Crippen molar-refractivity contribution < 1.29 is 16.4 Å². The minimum Gasteiger partial charge on any atom is -0.504 e. The summed E-state index contributed by atoms with van der Waals surface area (Å²) in [6.07, 6.45) is 5.29. The number of phenols is 2. The highest BCUT2D eigenvalue weighted by Gasteiger charge is 2.25. The summed E-state index contributed by atoms with van der Waals surface area (Å²) in [5.41, 5.74) is 0.893. The largest absolute Gasteiger partial charge is 0.504 e. The normalized spacial score (nSPS) is 17.8. The van der Waals surface area contributed by atoms with E-state index < -0.39 is 0 Å². The lowest BCUT2D eigenvalue weighted by Crippen LogP contribution is -2.29. The molecule has 0 aromatic heterocycles. The molecule has 2 rings (SSSR count). The molecule has 0 aliphatic heterocycles. The van der Waals surface area contributed by atoms with Gasteiger partial charge in [-0.1, -0.05) is 74.3 Å². The number of rotatable bonds is 5. The molecule has 0 spiro atoms. The minimum absolute atomic E-state index is 0. The molecule has 3 heteroatoms. The number of hydrogen-bond donors (Lipinski definition) is 2. The van der Waals surface area contributed by atoms with Crippen LogP contribution in [0.25, 0.3) is 0 Å². The lowest BCUT2D eigenvalue weighted by Gasteiger charge is -2.32. The zero-order chi connectivity index (χ0) is 19.8. The van der Waals surface area contributed by atoms with Crippen LogP contribution in [0.1, 0.15) is 88.1 Å². The van der Waals surface area contributed by atoms with Crippen LogP contribution < -0.4 is 0 Å². The summed E-state index contributed by atoms with van der Waals surface area (Å²) in [4.78, 5) is 0. The topological polar surface area (TPSA) is 49.7 Å². The van der Waals surface area contributed by atoms with Gasteiger partial charge in [-0.25, -0.2) is 0 Å². The first-order valence-corrected chi connectivity index (χ1v) is 10.1. The van der Waals surface area contributed by atoms with E-state index in [1.54, 1.807) is 6.07 Å². The zero-order valence-electron chi connectivity index (χ0n) is 17.8. The summed E-state index contributed by atoms with van der Waals surface area (Å²) in [5.74, 6) is 1.54. The van der Waals surface area contributed by atoms with E-state index in [4.69, 9.17) is 9.84 Å². The van der Waals surface area contributed by atoms with Crippen LogP contribution in [0.3, 0.4) is 0 Å². The van der Waals surface area contributed by atoms with E-state index >= 15 is 0 Å². The van der Waals surface area contributed by atoms with Gasteiger partial charge < -0.3 is 14.9 Å². The minimum atomic E-state index is -0.0870. The third-order valence-electron chi connectivity index (χ3n) is 4.25. The predicted molar refractivity (Wildman–Crippen MR) is 111 cm³/mol. The monoisotopic (exact) mass is 356 g/mol. The standard InChI is InChI=1S/C12H16O3.C6H14.2C2H6.H2/c1-8-4-10(5-8)15-7-9-2-3-11(13)12(14)6-9;1-4-6(3)5-2;2*1-2;/h2-3,6,8,10,13-14H,4-5,7H2,1H3;6H,4-5H2,1-3H3;2*1-2H3;1H. The van der Waals surface area contributed by atoms with Crippen molar-refractivity contribution in [2.24, 2.45) is 11.8 Å². The molecular formula is C22H44O3. The molecule has 150 valence electrons. The SMILES string of the molecule is CC.CC.CC1CC(OCc2ccc(O)c(O)c2)C1.CCC(C)CC.[HH]. The van der Waals surface area contributed by atoms with E-state index in [1.807, 2.05) is 27.7 Å². The van der Waals surface area contributed by atoms with Crippen LogP contribution >= 0.6 is 0 Å². The van der Waals surface area contributed by atoms with Crippen molar-refractivity contribution in [3.05, 3.63) is 23.8 Å². The van der Waals surface area contributed by atoms with E-state index in [0.29, 0.717) is 12.7 Å². The fourth-order valence-electron chi connectivity index (χ4n) is 2.13. The van der Waals surface area contributed by atoms with Crippen molar-refractivity contribution in [3.63, 3.8) is 0 Å². The molecule has 1 aromatic rings. The van der Waals surface area contributed by atoms with E-state index in [2.05, 4.69) is 27.7 Å². The number of benzene rings is 1. The maximum Gasteiger partial charge on any atom is 0.157 e. The first kappa shape index (κ1) is 26.0. The molecule has 1 aliphatic carbocycles. The second kappa shape index (κ2) is 16.3. The maximum atomic E-state index is 9.27. The molecule has 1 aromatic carbocycles. The van der Waals surface area contributed by atoms with Gasteiger partial charge in [0.2, 0.25) is 0 Å². The Balaban J connectivity index is -0.000000411. The average molecular weight is 357 g/mol. The second-order valence-electron chi connectivity index (χ2n) is 6.25. The highest BCUT2D eigenvalue weighted by Crippen LogP contribution is 2.31. The van der Waals surface area contributed by atoms with Gasteiger partial charge in [0.1, 0.15) is 0 Å². The van der Waals surface area contributed by atoms with Crippen molar-refractivity contribution in [2.45, 2.75) is 93.8 Å². The van der Waals surface area contributed by atoms with Gasteiger partial charge in [-0.2, -0.15) is 0 Å². The van der Waals surface area contributed by atoms with E-state index in [9.17, 15) is 5.11 Å². The molecule has 0 atom stereocenters. The highest BCUT2D eigenvalue weighted by molar-refractivity contribution is 5.40. The smallest absolute Gasteiger partial charge is 0.157 e. The van der Waals surface area contributed by atoms with Crippen molar-refractivity contribution in [2.75, 3.05) is 0 Å². The van der Waals surface area contributed by atoms with Gasteiger partial charge in [0.15, 0.2) is 11.5 Å². The van der Waals surface area contributed by atoms with Crippen LogP contribution in [-0.2, 0) is 11.3 Å². The van der Waals surface area contributed by atoms with Crippen molar-refractivity contribution >= 4 is 0 Å². The number of ether oxygens (including phenoxy) is 1. The Kier molecular flexibility index (Phi) is 16.9. The third-order valence-corrected chi connectivity index (χ3v) is 4.25. The van der Waals surface area contributed by atoms with Crippen LogP contribution in [0.4, 0.5) is 0 Å². The molecule has 1 saturated carbocycles. The Labute approximate surface area is 157 Å². The maximum absolute atomic E-state index is 9.27. The van der Waals surface area contributed by atoms with Crippen LogP contribution in [0.5, 0.6) is 11.5 Å². The summed E-state index contributed by atoms with van der Waals surface area (Å²) in [7, 11) is 0. The number of aromatic hydroxyl groups is 2. The third kappa shape index (κ3) is 11.9. The zero-order valence-corrected chi connectivity index (χ0v) is 17.8. The van der Waals surface area contributed by atoms with Gasteiger partial charge >= 0.3 is 0 Å². The molecule has 0 heterocycles. The first-order chi connectivity index (χ1) is 12.0. The summed E-state index contributed by atoms with van der Waals surface area (Å²) < 4.78 is 5.64. The molecule has 0 saturated heterocycles. The molecule has 1 fully saturated rings. The Morgan fingerprint density at radius 1 is 1.04 bits per heavy atom. The molecule has 25 heavy (non-hydrogen) atoms. The Morgan fingerprint density at radius 2 is 1.56 bits per heavy atom. The van der Waals surface area contributed by atoms with Crippen LogP contribution in [0, 0.1) is 11.8 Å². The van der Waals surface area contributed by atoms with E-state index in [0.717, 1.165) is 30.2 Å². The van der Waals surface area contributed by atoms with Crippen molar-refractivity contribution in [1.29, 1.82) is 0 Å². The van der Waals surface area contributed by atoms with Gasteiger partial charge in [-0.05, 0) is 42.4 Å². The molecule has 2 N–H and O–H groups in total. The van der Waals surface area contributed by atoms with E-state index in [1.165, 1.54) is 25.0 Å². The Bertz CT molecular complexity index is 414.